The first kappa shape index (κ1) is 23.1. The number of aliphatic hydroxyl groups is 2. The number of aliphatic hydroxyl groups excluding tert-OH is 1. The number of aliphatic imine (C=N–C) groups is 1. The predicted octanol–water partition coefficient (Wildman–Crippen LogP) is 4.34. The monoisotopic (exact) mass is 514 g/mol. The van der Waals surface area contributed by atoms with Crippen molar-refractivity contribution < 1.29 is 19.3 Å². The summed E-state index contributed by atoms with van der Waals surface area (Å²) in [7, 11) is 0. The smallest absolute Gasteiger partial charge is 0.163 e. The minimum Gasteiger partial charge on any atom is -0.381 e. The first-order chi connectivity index (χ1) is 16.8. The third-order valence-electron chi connectivity index (χ3n) is 6.87. The topological polar surface area (TPSA) is 91.1 Å². The molecule has 0 spiro atoms. The van der Waals surface area contributed by atoms with Gasteiger partial charge in [-0.15, -0.1) is 11.8 Å². The summed E-state index contributed by atoms with van der Waals surface area (Å²) in [6.45, 7) is 3.02. The van der Waals surface area contributed by atoms with Gasteiger partial charge in [0, 0.05) is 33.0 Å². The summed E-state index contributed by atoms with van der Waals surface area (Å²) in [6, 6.07) is 9.39. The molecular formula is C25H24ClFN4O3S. The molecule has 0 radical (unpaired) electrons. The lowest BCUT2D eigenvalue weighted by Crippen LogP contribution is -2.45. The Labute approximate surface area is 211 Å². The Morgan fingerprint density at radius 1 is 1.20 bits per heavy atom. The van der Waals surface area contributed by atoms with E-state index in [1.54, 1.807) is 6.92 Å². The number of fused-ring (bicyclic) bond motifs is 3. The van der Waals surface area contributed by atoms with Crippen molar-refractivity contribution in [3.8, 4) is 11.3 Å². The molecule has 3 aliphatic heterocycles. The molecule has 0 aliphatic carbocycles. The summed E-state index contributed by atoms with van der Waals surface area (Å²) in [4.78, 5) is 15.4. The number of morpholine rings is 1. The number of hydrogen-bond acceptors (Lipinski definition) is 8. The molecule has 0 amide bonds. The van der Waals surface area contributed by atoms with E-state index in [0.29, 0.717) is 45.0 Å². The fourth-order valence-electron chi connectivity index (χ4n) is 5.21. The number of aromatic nitrogens is 2. The van der Waals surface area contributed by atoms with Gasteiger partial charge in [-0.25, -0.2) is 19.4 Å². The molecular weight excluding hydrogens is 491 g/mol. The van der Waals surface area contributed by atoms with Gasteiger partial charge < -0.3 is 19.8 Å². The van der Waals surface area contributed by atoms with Crippen LogP contribution in [0.1, 0.15) is 31.4 Å². The summed E-state index contributed by atoms with van der Waals surface area (Å²) >= 11 is 7.56. The highest BCUT2D eigenvalue weighted by Crippen LogP contribution is 2.40. The van der Waals surface area contributed by atoms with Gasteiger partial charge in [0.25, 0.3) is 0 Å². The molecule has 4 unspecified atom stereocenters. The molecule has 4 heterocycles. The Morgan fingerprint density at radius 2 is 1.97 bits per heavy atom. The molecule has 2 N–H and O–H groups in total. The van der Waals surface area contributed by atoms with Crippen molar-refractivity contribution in [1.29, 1.82) is 0 Å². The average Bonchev–Trinajstić information content (AvgIpc) is 3.32. The van der Waals surface area contributed by atoms with Crippen LogP contribution in [0.4, 0.5) is 10.1 Å². The molecule has 6 rings (SSSR count). The number of ether oxygens (including phenoxy) is 1. The van der Waals surface area contributed by atoms with Crippen LogP contribution in [0.15, 0.2) is 41.7 Å². The lowest BCUT2D eigenvalue weighted by Gasteiger charge is -2.36. The van der Waals surface area contributed by atoms with Crippen molar-refractivity contribution in [2.45, 2.75) is 43.7 Å². The molecule has 2 fully saturated rings. The standard InChI is InChI=1S/C25H24ClFN4O3S/c1-25(33)11-35-24(30-25)23(32)17-7-18(20(27)8-19(17)26)22-16-5-4-13(6-21(16)28-12-29-22)31-14-2-3-15(31)10-34-9-14/h4-8,12,14-15,23,32-33H,2-3,9-11H2,1H3. The van der Waals surface area contributed by atoms with Crippen LogP contribution < -0.4 is 4.90 Å². The van der Waals surface area contributed by atoms with Gasteiger partial charge in [-0.1, -0.05) is 11.6 Å². The van der Waals surface area contributed by atoms with E-state index in [1.807, 2.05) is 18.2 Å². The zero-order valence-electron chi connectivity index (χ0n) is 19.0. The fourth-order valence-corrected chi connectivity index (χ4v) is 6.50. The quantitative estimate of drug-likeness (QED) is 0.535. The minimum absolute atomic E-state index is 0.0806. The van der Waals surface area contributed by atoms with E-state index >= 15 is 4.39 Å². The molecule has 2 bridgehead atoms. The SMILES string of the molecule is CC1(O)CSC(C(O)c2cc(-c3ncnc4cc(N5C6CCC5COC6)ccc34)c(F)cc2Cl)=N1. The van der Waals surface area contributed by atoms with Crippen molar-refractivity contribution in [2.24, 2.45) is 4.99 Å². The Hall–Kier alpha value is -2.30. The molecule has 3 aromatic rings. The van der Waals surface area contributed by atoms with Gasteiger partial charge in [-0.05, 0) is 50.1 Å². The number of benzene rings is 2. The Kier molecular flexibility index (Phi) is 5.73. The van der Waals surface area contributed by atoms with Gasteiger partial charge in [0.05, 0.1) is 36.5 Å². The maximum Gasteiger partial charge on any atom is 0.163 e. The van der Waals surface area contributed by atoms with Crippen molar-refractivity contribution in [3.05, 3.63) is 53.1 Å². The van der Waals surface area contributed by atoms with Crippen LogP contribution in [-0.2, 0) is 4.74 Å². The highest BCUT2D eigenvalue weighted by atomic mass is 35.5. The second kappa shape index (κ2) is 8.67. The highest BCUT2D eigenvalue weighted by Gasteiger charge is 2.37. The average molecular weight is 515 g/mol. The second-order valence-corrected chi connectivity index (χ2v) is 10.9. The maximum atomic E-state index is 15.2. The van der Waals surface area contributed by atoms with Crippen molar-refractivity contribution in [2.75, 3.05) is 23.9 Å². The first-order valence-electron chi connectivity index (χ1n) is 11.5. The first-order valence-corrected chi connectivity index (χ1v) is 12.9. The molecule has 1 aromatic heterocycles. The number of hydrogen-bond donors (Lipinski definition) is 2. The Bertz CT molecular complexity index is 1340. The van der Waals surface area contributed by atoms with Crippen LogP contribution in [0.2, 0.25) is 5.02 Å². The van der Waals surface area contributed by atoms with Crippen LogP contribution >= 0.6 is 23.4 Å². The fraction of sp³-hybridized carbons (Fsp3) is 0.400. The second-order valence-electron chi connectivity index (χ2n) is 9.47. The van der Waals surface area contributed by atoms with Crippen LogP contribution in [0.25, 0.3) is 22.2 Å². The van der Waals surface area contributed by atoms with Crippen molar-refractivity contribution >= 4 is 45.0 Å². The van der Waals surface area contributed by atoms with E-state index in [2.05, 4.69) is 19.9 Å². The third-order valence-corrected chi connectivity index (χ3v) is 8.50. The van der Waals surface area contributed by atoms with Crippen molar-refractivity contribution in [3.63, 3.8) is 0 Å². The Morgan fingerprint density at radius 3 is 2.69 bits per heavy atom. The predicted molar refractivity (Wildman–Crippen MR) is 136 cm³/mol. The van der Waals surface area contributed by atoms with Gasteiger partial charge in [0.2, 0.25) is 0 Å². The summed E-state index contributed by atoms with van der Waals surface area (Å²) in [5.41, 5.74) is 1.47. The van der Waals surface area contributed by atoms with E-state index in [9.17, 15) is 10.2 Å². The Balaban J connectivity index is 1.41. The number of halogens is 2. The lowest BCUT2D eigenvalue weighted by molar-refractivity contribution is 0.0907. The molecule has 0 saturated carbocycles. The number of thioether (sulfide) groups is 1. The van der Waals surface area contributed by atoms with E-state index < -0.39 is 17.6 Å². The zero-order valence-corrected chi connectivity index (χ0v) is 20.6. The van der Waals surface area contributed by atoms with Crippen LogP contribution in [0, 0.1) is 5.82 Å². The maximum absolute atomic E-state index is 15.2. The molecule has 35 heavy (non-hydrogen) atoms. The molecule has 2 aromatic carbocycles. The van der Waals surface area contributed by atoms with Gasteiger partial charge in [0.15, 0.2) is 5.72 Å². The van der Waals surface area contributed by atoms with Crippen LogP contribution in [0.5, 0.6) is 0 Å². The highest BCUT2D eigenvalue weighted by molar-refractivity contribution is 8.14. The van der Waals surface area contributed by atoms with Crippen molar-refractivity contribution in [1.82, 2.24) is 9.97 Å². The summed E-state index contributed by atoms with van der Waals surface area (Å²) in [5.74, 6) is -0.219. The van der Waals surface area contributed by atoms with Crippen LogP contribution in [-0.4, -0.2) is 62.0 Å². The molecule has 10 heteroatoms. The van der Waals surface area contributed by atoms with Gasteiger partial charge in [-0.2, -0.15) is 0 Å². The summed E-state index contributed by atoms with van der Waals surface area (Å²) < 4.78 is 20.9. The molecule has 4 atom stereocenters. The summed E-state index contributed by atoms with van der Waals surface area (Å²) in [5, 5.41) is 22.2. The van der Waals surface area contributed by atoms with E-state index in [1.165, 1.54) is 30.2 Å². The van der Waals surface area contributed by atoms with Gasteiger partial charge in [0.1, 0.15) is 23.3 Å². The lowest BCUT2D eigenvalue weighted by atomic mass is 10.0. The normalized spacial score (nSPS) is 26.9. The molecule has 2 saturated heterocycles. The number of anilines is 1. The van der Waals surface area contributed by atoms with Gasteiger partial charge >= 0.3 is 0 Å². The van der Waals surface area contributed by atoms with E-state index in [0.717, 1.165) is 31.7 Å². The summed E-state index contributed by atoms with van der Waals surface area (Å²) in [6.07, 6.45) is 2.46. The largest absolute Gasteiger partial charge is 0.381 e. The molecule has 182 valence electrons. The van der Waals surface area contributed by atoms with E-state index in [4.69, 9.17) is 16.3 Å². The van der Waals surface area contributed by atoms with Gasteiger partial charge in [-0.3, -0.25) is 0 Å². The minimum atomic E-state index is -1.25. The molecule has 7 nitrogen and oxygen atoms in total. The third kappa shape index (κ3) is 4.09. The number of rotatable bonds is 4. The number of nitrogens with zero attached hydrogens (tertiary/aromatic N) is 4. The zero-order chi connectivity index (χ0) is 24.3. The molecule has 3 aliphatic rings. The van der Waals surface area contributed by atoms with Crippen LogP contribution in [0.3, 0.4) is 0 Å². The van der Waals surface area contributed by atoms with E-state index in [-0.39, 0.29) is 10.6 Å².